The average Bonchev–Trinajstić information content (AvgIpc) is 2.39. The lowest BCUT2D eigenvalue weighted by Gasteiger charge is -2.09. The van der Waals surface area contributed by atoms with E-state index in [1.54, 1.807) is 12.3 Å². The third-order valence-electron chi connectivity index (χ3n) is 2.30. The van der Waals surface area contributed by atoms with Gasteiger partial charge in [0.2, 0.25) is 0 Å². The van der Waals surface area contributed by atoms with Crippen LogP contribution in [0, 0.1) is 0 Å². The summed E-state index contributed by atoms with van der Waals surface area (Å²) in [5.41, 5.74) is 1.65. The van der Waals surface area contributed by atoms with Gasteiger partial charge in [-0.1, -0.05) is 0 Å². The van der Waals surface area contributed by atoms with Crippen molar-refractivity contribution in [2.45, 2.75) is 20.0 Å². The van der Waals surface area contributed by atoms with Gasteiger partial charge >= 0.3 is 0 Å². The smallest absolute Gasteiger partial charge is 0.193 e. The molecule has 0 N–H and O–H groups in total. The predicted molar refractivity (Wildman–Crippen MR) is 68.6 cm³/mol. The van der Waals surface area contributed by atoms with E-state index in [0.29, 0.717) is 6.29 Å². The SMILES string of the molecule is CC(C)Oc1ccc(-c2ccnc(C=O)n2)cc1. The molecule has 0 bridgehead atoms. The maximum absolute atomic E-state index is 10.6. The molecule has 1 aromatic carbocycles. The second-order valence-corrected chi connectivity index (χ2v) is 4.11. The topological polar surface area (TPSA) is 52.1 Å². The minimum atomic E-state index is 0.150. The molecule has 0 fully saturated rings. The molecule has 0 radical (unpaired) electrons. The van der Waals surface area contributed by atoms with Crippen LogP contribution in [0.15, 0.2) is 36.5 Å². The first-order valence-electron chi connectivity index (χ1n) is 5.74. The standard InChI is InChI=1S/C14H14N2O2/c1-10(2)18-12-5-3-11(4-6-12)13-7-8-15-14(9-17)16-13/h3-10H,1-2H3. The first-order chi connectivity index (χ1) is 8.69. The van der Waals surface area contributed by atoms with Crippen molar-refractivity contribution in [3.8, 4) is 17.0 Å². The maximum atomic E-state index is 10.6. The number of hydrogen-bond acceptors (Lipinski definition) is 4. The Labute approximate surface area is 106 Å². The quantitative estimate of drug-likeness (QED) is 0.773. The number of carbonyl (C=O) groups excluding carboxylic acids is 1. The van der Waals surface area contributed by atoms with E-state index in [0.717, 1.165) is 17.0 Å². The molecule has 2 rings (SSSR count). The van der Waals surface area contributed by atoms with Crippen LogP contribution < -0.4 is 4.74 Å². The van der Waals surface area contributed by atoms with E-state index in [1.165, 1.54) is 0 Å². The number of aromatic nitrogens is 2. The zero-order valence-corrected chi connectivity index (χ0v) is 10.3. The largest absolute Gasteiger partial charge is 0.491 e. The van der Waals surface area contributed by atoms with Gasteiger partial charge in [0.25, 0.3) is 0 Å². The third-order valence-corrected chi connectivity index (χ3v) is 2.30. The van der Waals surface area contributed by atoms with Crippen LogP contribution >= 0.6 is 0 Å². The number of carbonyl (C=O) groups is 1. The van der Waals surface area contributed by atoms with Crippen molar-refractivity contribution in [1.82, 2.24) is 9.97 Å². The number of benzene rings is 1. The molecule has 1 heterocycles. The molecule has 4 heteroatoms. The van der Waals surface area contributed by atoms with E-state index >= 15 is 0 Å². The van der Waals surface area contributed by atoms with E-state index in [9.17, 15) is 4.79 Å². The molecule has 0 saturated carbocycles. The minimum absolute atomic E-state index is 0.150. The molecule has 92 valence electrons. The number of nitrogens with zero attached hydrogens (tertiary/aromatic N) is 2. The Hall–Kier alpha value is -2.23. The number of ether oxygens (including phenoxy) is 1. The fraction of sp³-hybridized carbons (Fsp3) is 0.214. The molecule has 0 spiro atoms. The molecular weight excluding hydrogens is 228 g/mol. The zero-order valence-electron chi connectivity index (χ0n) is 10.3. The summed E-state index contributed by atoms with van der Waals surface area (Å²) in [6, 6.07) is 9.37. The highest BCUT2D eigenvalue weighted by atomic mass is 16.5. The predicted octanol–water partition coefficient (Wildman–Crippen LogP) is 2.74. The molecule has 0 unspecified atom stereocenters. The number of aldehydes is 1. The van der Waals surface area contributed by atoms with Gasteiger partial charge in [0.15, 0.2) is 12.1 Å². The second kappa shape index (κ2) is 5.40. The van der Waals surface area contributed by atoms with E-state index in [4.69, 9.17) is 4.74 Å². The molecule has 18 heavy (non-hydrogen) atoms. The Balaban J connectivity index is 2.25. The van der Waals surface area contributed by atoms with E-state index < -0.39 is 0 Å². The minimum Gasteiger partial charge on any atom is -0.491 e. The van der Waals surface area contributed by atoms with Crippen molar-refractivity contribution in [1.29, 1.82) is 0 Å². The molecule has 1 aromatic heterocycles. The third kappa shape index (κ3) is 2.91. The van der Waals surface area contributed by atoms with Crippen molar-refractivity contribution in [2.75, 3.05) is 0 Å². The molecule has 2 aromatic rings. The van der Waals surface area contributed by atoms with Gasteiger partial charge in [-0.15, -0.1) is 0 Å². The summed E-state index contributed by atoms with van der Waals surface area (Å²) < 4.78 is 5.56. The molecular formula is C14H14N2O2. The summed E-state index contributed by atoms with van der Waals surface area (Å²) in [5, 5.41) is 0. The zero-order chi connectivity index (χ0) is 13.0. The summed E-state index contributed by atoms with van der Waals surface area (Å²) >= 11 is 0. The molecule has 4 nitrogen and oxygen atoms in total. The Kier molecular flexibility index (Phi) is 3.67. The van der Waals surface area contributed by atoms with Crippen LogP contribution in [0.1, 0.15) is 24.5 Å². The van der Waals surface area contributed by atoms with E-state index in [-0.39, 0.29) is 11.9 Å². The highest BCUT2D eigenvalue weighted by molar-refractivity contribution is 5.71. The van der Waals surface area contributed by atoms with Gasteiger partial charge in [-0.25, -0.2) is 9.97 Å². The lowest BCUT2D eigenvalue weighted by molar-refractivity contribution is 0.111. The normalized spacial score (nSPS) is 10.4. The summed E-state index contributed by atoms with van der Waals surface area (Å²) in [4.78, 5) is 18.6. The molecule has 0 aliphatic heterocycles. The Bertz CT molecular complexity index is 536. The Morgan fingerprint density at radius 1 is 1.17 bits per heavy atom. The van der Waals surface area contributed by atoms with Crippen LogP contribution in [0.25, 0.3) is 11.3 Å². The van der Waals surface area contributed by atoms with E-state index in [2.05, 4.69) is 9.97 Å². The van der Waals surface area contributed by atoms with Crippen molar-refractivity contribution in [3.05, 3.63) is 42.4 Å². The van der Waals surface area contributed by atoms with Gasteiger partial charge in [0.1, 0.15) is 5.75 Å². The summed E-state index contributed by atoms with van der Waals surface area (Å²) in [6.07, 6.45) is 2.36. The summed E-state index contributed by atoms with van der Waals surface area (Å²) in [5.74, 6) is 1.01. The highest BCUT2D eigenvalue weighted by Crippen LogP contribution is 2.21. The first-order valence-corrected chi connectivity index (χ1v) is 5.74. The number of hydrogen-bond donors (Lipinski definition) is 0. The van der Waals surface area contributed by atoms with Crippen molar-refractivity contribution in [2.24, 2.45) is 0 Å². The van der Waals surface area contributed by atoms with Crippen molar-refractivity contribution >= 4 is 6.29 Å². The van der Waals surface area contributed by atoms with Gasteiger partial charge in [-0.2, -0.15) is 0 Å². The van der Waals surface area contributed by atoms with Crippen molar-refractivity contribution in [3.63, 3.8) is 0 Å². The van der Waals surface area contributed by atoms with Gasteiger partial charge in [-0.05, 0) is 44.2 Å². The van der Waals surface area contributed by atoms with Crippen LogP contribution in [0.4, 0.5) is 0 Å². The van der Waals surface area contributed by atoms with Gasteiger partial charge < -0.3 is 4.74 Å². The summed E-state index contributed by atoms with van der Waals surface area (Å²) in [7, 11) is 0. The molecule has 0 amide bonds. The van der Waals surface area contributed by atoms with Crippen molar-refractivity contribution < 1.29 is 9.53 Å². The summed E-state index contributed by atoms with van der Waals surface area (Å²) in [6.45, 7) is 3.96. The van der Waals surface area contributed by atoms with Gasteiger partial charge in [0, 0.05) is 11.8 Å². The molecule has 0 saturated heterocycles. The second-order valence-electron chi connectivity index (χ2n) is 4.11. The van der Waals surface area contributed by atoms with Gasteiger partial charge in [-0.3, -0.25) is 4.79 Å². The lowest BCUT2D eigenvalue weighted by Crippen LogP contribution is -2.05. The van der Waals surface area contributed by atoms with Gasteiger partial charge in [0.05, 0.1) is 11.8 Å². The fourth-order valence-corrected chi connectivity index (χ4v) is 1.57. The average molecular weight is 242 g/mol. The highest BCUT2D eigenvalue weighted by Gasteiger charge is 2.03. The van der Waals surface area contributed by atoms with Crippen LogP contribution in [-0.2, 0) is 0 Å². The van der Waals surface area contributed by atoms with Crippen LogP contribution in [0.2, 0.25) is 0 Å². The van der Waals surface area contributed by atoms with Crippen LogP contribution in [-0.4, -0.2) is 22.4 Å². The molecule has 0 atom stereocenters. The van der Waals surface area contributed by atoms with Crippen LogP contribution in [0.3, 0.4) is 0 Å². The Morgan fingerprint density at radius 3 is 2.50 bits per heavy atom. The maximum Gasteiger partial charge on any atom is 0.193 e. The fourth-order valence-electron chi connectivity index (χ4n) is 1.57. The number of rotatable bonds is 4. The monoisotopic (exact) mass is 242 g/mol. The molecule has 0 aliphatic carbocycles. The van der Waals surface area contributed by atoms with E-state index in [1.807, 2.05) is 38.1 Å². The lowest BCUT2D eigenvalue weighted by atomic mass is 10.1. The first kappa shape index (κ1) is 12.2. The Morgan fingerprint density at radius 2 is 1.89 bits per heavy atom. The molecule has 0 aliphatic rings. The van der Waals surface area contributed by atoms with Crippen LogP contribution in [0.5, 0.6) is 5.75 Å².